The van der Waals surface area contributed by atoms with E-state index < -0.39 is 23.0 Å². The maximum absolute atomic E-state index is 12.4. The lowest BCUT2D eigenvalue weighted by atomic mass is 9.76. The highest BCUT2D eigenvalue weighted by atomic mass is 32.1. The first kappa shape index (κ1) is 28.9. The number of amides is 3. The minimum atomic E-state index is -1.18. The lowest BCUT2D eigenvalue weighted by molar-refractivity contribution is -0.136. The van der Waals surface area contributed by atoms with Crippen LogP contribution >= 0.6 is 12.6 Å². The van der Waals surface area contributed by atoms with Crippen LogP contribution < -0.4 is 16.0 Å². The van der Waals surface area contributed by atoms with Gasteiger partial charge in [-0.05, 0) is 56.6 Å². The zero-order valence-corrected chi connectivity index (χ0v) is 21.4. The summed E-state index contributed by atoms with van der Waals surface area (Å²) in [5.41, 5.74) is -0.525. The third kappa shape index (κ3) is 11.0. The summed E-state index contributed by atoms with van der Waals surface area (Å²) in [7, 11) is 0. The predicted molar refractivity (Wildman–Crippen MR) is 133 cm³/mol. The standard InChI is InChI=1S/C24H40N4O4S/c1-17(8-10-24(4,5)28-21(31)18-7-6-11-25-16-18)15-23(2,3)20(30)22(32)27-12-9-19(29)26-13-14-33/h6-7,11,16-17,20,30,33H,8-10,12-15H2,1-5H3,(H,26,29)(H,27,32)(H,28,31)/t17?,20-/m0/s1. The van der Waals surface area contributed by atoms with Crippen molar-refractivity contribution in [1.29, 1.82) is 0 Å². The number of rotatable bonds is 14. The van der Waals surface area contributed by atoms with Crippen LogP contribution in [0.2, 0.25) is 0 Å². The number of nitrogens with zero attached hydrogens (tertiary/aromatic N) is 1. The lowest BCUT2D eigenvalue weighted by Crippen LogP contribution is -2.46. The normalized spacial score (nSPS) is 13.7. The summed E-state index contributed by atoms with van der Waals surface area (Å²) >= 11 is 4.03. The number of hydrogen-bond acceptors (Lipinski definition) is 6. The van der Waals surface area contributed by atoms with E-state index in [1.165, 1.54) is 6.20 Å². The number of thiol groups is 1. The van der Waals surface area contributed by atoms with Crippen LogP contribution in [0.25, 0.3) is 0 Å². The molecule has 0 aliphatic heterocycles. The second-order valence-electron chi connectivity index (χ2n) is 9.93. The Morgan fingerprint density at radius 1 is 1.15 bits per heavy atom. The second kappa shape index (κ2) is 13.5. The number of carbonyl (C=O) groups is 3. The molecule has 4 N–H and O–H groups in total. The van der Waals surface area contributed by atoms with Gasteiger partial charge in [0.1, 0.15) is 6.10 Å². The van der Waals surface area contributed by atoms with Gasteiger partial charge in [0, 0.05) is 43.2 Å². The van der Waals surface area contributed by atoms with Gasteiger partial charge in [0.05, 0.1) is 5.56 Å². The number of carbonyl (C=O) groups excluding carboxylic acids is 3. The smallest absolute Gasteiger partial charge is 0.253 e. The van der Waals surface area contributed by atoms with Crippen molar-refractivity contribution in [3.05, 3.63) is 30.1 Å². The van der Waals surface area contributed by atoms with E-state index in [-0.39, 0.29) is 30.7 Å². The van der Waals surface area contributed by atoms with Gasteiger partial charge in [-0.25, -0.2) is 0 Å². The quantitative estimate of drug-likeness (QED) is 0.262. The highest BCUT2D eigenvalue weighted by Gasteiger charge is 2.35. The fourth-order valence-electron chi connectivity index (χ4n) is 3.69. The maximum atomic E-state index is 12.4. The summed E-state index contributed by atoms with van der Waals surface area (Å²) in [4.78, 5) is 40.4. The number of aromatic nitrogens is 1. The minimum Gasteiger partial charge on any atom is -0.383 e. The zero-order valence-electron chi connectivity index (χ0n) is 20.5. The first-order chi connectivity index (χ1) is 15.4. The molecule has 9 heteroatoms. The molecule has 1 unspecified atom stereocenters. The zero-order chi connectivity index (χ0) is 25.1. The molecule has 0 saturated heterocycles. The molecule has 33 heavy (non-hydrogen) atoms. The molecule has 0 aliphatic carbocycles. The van der Waals surface area contributed by atoms with Crippen molar-refractivity contribution in [3.8, 4) is 0 Å². The lowest BCUT2D eigenvalue weighted by Gasteiger charge is -2.34. The molecule has 3 amide bonds. The van der Waals surface area contributed by atoms with Gasteiger partial charge in [-0.3, -0.25) is 19.4 Å². The van der Waals surface area contributed by atoms with Crippen LogP contribution in [0, 0.1) is 11.3 Å². The van der Waals surface area contributed by atoms with Gasteiger partial charge in [0.25, 0.3) is 5.91 Å². The van der Waals surface area contributed by atoms with Gasteiger partial charge in [0.2, 0.25) is 11.8 Å². The van der Waals surface area contributed by atoms with E-state index in [0.717, 1.165) is 12.8 Å². The molecular formula is C24H40N4O4S. The SMILES string of the molecule is CC(CCC(C)(C)NC(=O)c1cccnc1)CC(C)(C)[C@@H](O)C(=O)NCCC(=O)NCCS. The summed E-state index contributed by atoms with van der Waals surface area (Å²) in [6.45, 7) is 10.4. The van der Waals surface area contributed by atoms with E-state index in [2.05, 4.69) is 40.5 Å². The van der Waals surface area contributed by atoms with Crippen LogP contribution in [0.4, 0.5) is 0 Å². The molecule has 0 spiro atoms. The van der Waals surface area contributed by atoms with Crippen LogP contribution in [0.15, 0.2) is 24.5 Å². The second-order valence-corrected chi connectivity index (χ2v) is 10.4. The third-order valence-corrected chi connectivity index (χ3v) is 5.81. The number of pyridine rings is 1. The predicted octanol–water partition coefficient (Wildman–Crippen LogP) is 2.34. The van der Waals surface area contributed by atoms with Gasteiger partial charge in [-0.2, -0.15) is 12.6 Å². The molecule has 2 atom stereocenters. The van der Waals surface area contributed by atoms with Crippen molar-refractivity contribution >= 4 is 30.4 Å². The van der Waals surface area contributed by atoms with Crippen LogP contribution in [0.5, 0.6) is 0 Å². The Hall–Kier alpha value is -2.13. The molecule has 8 nitrogen and oxygen atoms in total. The van der Waals surface area contributed by atoms with Gasteiger partial charge in [-0.15, -0.1) is 0 Å². The summed E-state index contributed by atoms with van der Waals surface area (Å²) in [6, 6.07) is 3.45. The third-order valence-electron chi connectivity index (χ3n) is 5.59. The molecule has 1 heterocycles. The molecule has 1 aromatic rings. The summed E-state index contributed by atoms with van der Waals surface area (Å²) < 4.78 is 0. The molecule has 0 aliphatic rings. The maximum Gasteiger partial charge on any atom is 0.253 e. The molecule has 0 bridgehead atoms. The minimum absolute atomic E-state index is 0.156. The Morgan fingerprint density at radius 3 is 2.45 bits per heavy atom. The fraction of sp³-hybridized carbons (Fsp3) is 0.667. The Labute approximate surface area is 203 Å². The fourth-order valence-corrected chi connectivity index (χ4v) is 3.80. The van der Waals surface area contributed by atoms with Gasteiger partial charge < -0.3 is 21.1 Å². The number of aliphatic hydroxyl groups is 1. The highest BCUT2D eigenvalue weighted by molar-refractivity contribution is 7.80. The molecule has 1 aromatic heterocycles. The van der Waals surface area contributed by atoms with Crippen molar-refractivity contribution in [2.75, 3.05) is 18.8 Å². The largest absolute Gasteiger partial charge is 0.383 e. The van der Waals surface area contributed by atoms with Crippen LogP contribution in [-0.4, -0.2) is 58.3 Å². The van der Waals surface area contributed by atoms with Crippen molar-refractivity contribution in [1.82, 2.24) is 20.9 Å². The van der Waals surface area contributed by atoms with Gasteiger partial charge in [-0.1, -0.05) is 20.8 Å². The Morgan fingerprint density at radius 2 is 1.85 bits per heavy atom. The van der Waals surface area contributed by atoms with Gasteiger partial charge >= 0.3 is 0 Å². The first-order valence-corrected chi connectivity index (χ1v) is 12.1. The van der Waals surface area contributed by atoms with Crippen molar-refractivity contribution in [2.24, 2.45) is 11.3 Å². The summed E-state index contributed by atoms with van der Waals surface area (Å²) in [5.74, 6) is -0.0169. The Bertz CT molecular complexity index is 771. The molecule has 186 valence electrons. The van der Waals surface area contributed by atoms with Crippen molar-refractivity contribution in [2.45, 2.75) is 71.9 Å². The van der Waals surface area contributed by atoms with Crippen LogP contribution in [0.3, 0.4) is 0 Å². The van der Waals surface area contributed by atoms with E-state index in [0.29, 0.717) is 24.3 Å². The van der Waals surface area contributed by atoms with Crippen molar-refractivity contribution < 1.29 is 19.5 Å². The average Bonchev–Trinajstić information content (AvgIpc) is 2.75. The molecule has 0 saturated carbocycles. The molecule has 0 radical (unpaired) electrons. The topological polar surface area (TPSA) is 120 Å². The number of aliphatic hydroxyl groups excluding tert-OH is 1. The van der Waals surface area contributed by atoms with Crippen molar-refractivity contribution in [3.63, 3.8) is 0 Å². The van der Waals surface area contributed by atoms with E-state index in [1.807, 2.05) is 27.7 Å². The summed E-state index contributed by atoms with van der Waals surface area (Å²) in [5, 5.41) is 19.0. The molecule has 0 fully saturated rings. The van der Waals surface area contributed by atoms with E-state index in [4.69, 9.17) is 0 Å². The number of hydrogen-bond donors (Lipinski definition) is 5. The van der Waals surface area contributed by atoms with Crippen LogP contribution in [-0.2, 0) is 9.59 Å². The Kier molecular flexibility index (Phi) is 11.9. The van der Waals surface area contributed by atoms with E-state index in [1.54, 1.807) is 18.3 Å². The molecular weight excluding hydrogens is 440 g/mol. The summed E-state index contributed by atoms with van der Waals surface area (Å²) in [6.07, 6.45) is 4.35. The number of nitrogens with one attached hydrogen (secondary N) is 3. The van der Waals surface area contributed by atoms with E-state index in [9.17, 15) is 19.5 Å². The average molecular weight is 481 g/mol. The molecule has 0 aromatic carbocycles. The first-order valence-electron chi connectivity index (χ1n) is 11.4. The van der Waals surface area contributed by atoms with Gasteiger partial charge in [0.15, 0.2) is 0 Å². The highest BCUT2D eigenvalue weighted by Crippen LogP contribution is 2.32. The Balaban J connectivity index is 2.47. The van der Waals surface area contributed by atoms with E-state index >= 15 is 0 Å². The molecule has 1 rings (SSSR count). The van der Waals surface area contributed by atoms with Crippen LogP contribution in [0.1, 0.15) is 70.7 Å². The monoisotopic (exact) mass is 480 g/mol.